The van der Waals surface area contributed by atoms with Crippen LogP contribution in [0.15, 0.2) is 66.1 Å². The zero-order valence-corrected chi connectivity index (χ0v) is 16.6. The third-order valence-electron chi connectivity index (χ3n) is 3.87. The second kappa shape index (κ2) is 9.88. The van der Waals surface area contributed by atoms with Crippen molar-refractivity contribution in [2.75, 3.05) is 12.9 Å². The fraction of sp³-hybridized carbons (Fsp3) is 0.150. The molecule has 0 aliphatic rings. The van der Waals surface area contributed by atoms with Crippen LogP contribution in [0.5, 0.6) is 11.5 Å². The first-order valence-corrected chi connectivity index (χ1v) is 9.64. The van der Waals surface area contributed by atoms with Crippen molar-refractivity contribution in [2.45, 2.75) is 11.8 Å². The van der Waals surface area contributed by atoms with Gasteiger partial charge in [-0.1, -0.05) is 17.8 Å². The average Bonchev–Trinajstić information content (AvgIpc) is 3.21. The Bertz CT molecular complexity index is 1020. The molecule has 0 aliphatic carbocycles. The molecular formula is C20H17F2N3O4S. The van der Waals surface area contributed by atoms with Crippen LogP contribution in [0.1, 0.15) is 10.4 Å². The summed E-state index contributed by atoms with van der Waals surface area (Å²) in [4.78, 5) is 28.5. The summed E-state index contributed by atoms with van der Waals surface area (Å²) in [6.45, 7) is -2.95. The molecule has 0 spiro atoms. The van der Waals surface area contributed by atoms with Crippen LogP contribution in [-0.4, -0.2) is 40.8 Å². The van der Waals surface area contributed by atoms with E-state index < -0.39 is 18.4 Å². The highest BCUT2D eigenvalue weighted by molar-refractivity contribution is 7.99. The maximum absolute atomic E-state index is 12.2. The highest BCUT2D eigenvalue weighted by Gasteiger charge is 2.14. The van der Waals surface area contributed by atoms with Gasteiger partial charge in [0.15, 0.2) is 5.16 Å². The molecule has 2 amide bonds. The Labute approximate surface area is 175 Å². The van der Waals surface area contributed by atoms with Gasteiger partial charge in [-0.05, 0) is 36.4 Å². The standard InChI is InChI=1S/C20H17F2N3O4S/c1-28-16-4-2-3-14(11-16)25-10-9-23-20(25)30-12-17(26)24-18(27)13-5-7-15(8-6-13)29-19(21)22/h2-11,19H,12H2,1H3,(H,24,26,27). The summed E-state index contributed by atoms with van der Waals surface area (Å²) in [5.74, 6) is -0.587. The molecule has 0 atom stereocenters. The second-order valence-corrected chi connectivity index (χ2v) is 6.79. The van der Waals surface area contributed by atoms with Crippen molar-refractivity contribution in [3.05, 3.63) is 66.5 Å². The number of imidazole rings is 1. The molecule has 0 unspecified atom stereocenters. The third kappa shape index (κ3) is 5.57. The molecule has 7 nitrogen and oxygen atoms in total. The van der Waals surface area contributed by atoms with Gasteiger partial charge in [0.05, 0.1) is 18.6 Å². The van der Waals surface area contributed by atoms with Crippen molar-refractivity contribution < 1.29 is 27.8 Å². The number of hydrogen-bond acceptors (Lipinski definition) is 6. The quantitative estimate of drug-likeness (QED) is 0.548. The molecule has 0 bridgehead atoms. The molecule has 3 aromatic rings. The van der Waals surface area contributed by atoms with Crippen molar-refractivity contribution in [2.24, 2.45) is 0 Å². The lowest BCUT2D eigenvalue weighted by molar-refractivity contribution is -0.117. The van der Waals surface area contributed by atoms with Gasteiger partial charge in [-0.2, -0.15) is 8.78 Å². The molecule has 3 rings (SSSR count). The Balaban J connectivity index is 1.57. The Hall–Kier alpha value is -3.40. The molecule has 1 aromatic heterocycles. The van der Waals surface area contributed by atoms with E-state index in [-0.39, 0.29) is 17.1 Å². The summed E-state index contributed by atoms with van der Waals surface area (Å²) in [7, 11) is 1.57. The number of imide groups is 1. The molecule has 0 saturated heterocycles. The van der Waals surface area contributed by atoms with E-state index in [4.69, 9.17) is 4.74 Å². The lowest BCUT2D eigenvalue weighted by Gasteiger charge is -2.09. The number of benzene rings is 2. The first-order chi connectivity index (χ1) is 14.5. The van der Waals surface area contributed by atoms with Crippen molar-refractivity contribution in [1.82, 2.24) is 14.9 Å². The van der Waals surface area contributed by atoms with Crippen molar-refractivity contribution in [3.63, 3.8) is 0 Å². The minimum Gasteiger partial charge on any atom is -0.497 e. The third-order valence-corrected chi connectivity index (χ3v) is 4.83. The van der Waals surface area contributed by atoms with E-state index in [2.05, 4.69) is 15.0 Å². The summed E-state index contributed by atoms with van der Waals surface area (Å²) in [6.07, 6.45) is 3.36. The number of carbonyl (C=O) groups is 2. The fourth-order valence-corrected chi connectivity index (χ4v) is 3.28. The van der Waals surface area contributed by atoms with Gasteiger partial charge in [0.2, 0.25) is 5.91 Å². The van der Waals surface area contributed by atoms with Crippen LogP contribution in [0.3, 0.4) is 0 Å². The van der Waals surface area contributed by atoms with E-state index in [0.717, 1.165) is 17.4 Å². The number of methoxy groups -OCH3 is 1. The van der Waals surface area contributed by atoms with E-state index in [9.17, 15) is 18.4 Å². The van der Waals surface area contributed by atoms with Crippen LogP contribution in [0.4, 0.5) is 8.78 Å². The predicted octanol–water partition coefficient (Wildman–Crippen LogP) is 3.53. The Morgan fingerprint density at radius 3 is 2.63 bits per heavy atom. The monoisotopic (exact) mass is 433 g/mol. The molecule has 1 N–H and O–H groups in total. The smallest absolute Gasteiger partial charge is 0.387 e. The Kier molecular flexibility index (Phi) is 7.02. The Morgan fingerprint density at radius 1 is 1.17 bits per heavy atom. The van der Waals surface area contributed by atoms with Gasteiger partial charge in [0.1, 0.15) is 11.5 Å². The molecule has 30 heavy (non-hydrogen) atoms. The molecule has 1 heterocycles. The van der Waals surface area contributed by atoms with Crippen LogP contribution < -0.4 is 14.8 Å². The predicted molar refractivity (Wildman–Crippen MR) is 106 cm³/mol. The van der Waals surface area contributed by atoms with E-state index >= 15 is 0 Å². The molecule has 0 aliphatic heterocycles. The number of ether oxygens (including phenoxy) is 2. The topological polar surface area (TPSA) is 82.5 Å². The fourth-order valence-electron chi connectivity index (χ4n) is 2.51. The maximum atomic E-state index is 12.2. The van der Waals surface area contributed by atoms with Crippen molar-refractivity contribution in [1.29, 1.82) is 0 Å². The number of nitrogens with zero attached hydrogens (tertiary/aromatic N) is 2. The van der Waals surface area contributed by atoms with E-state index in [1.54, 1.807) is 24.1 Å². The SMILES string of the molecule is COc1cccc(-n2ccnc2SCC(=O)NC(=O)c2ccc(OC(F)F)cc2)c1. The molecule has 2 aromatic carbocycles. The minimum atomic E-state index is -2.95. The first kappa shape index (κ1) is 21.3. The lowest BCUT2D eigenvalue weighted by atomic mass is 10.2. The number of rotatable bonds is 8. The number of thioether (sulfide) groups is 1. The highest BCUT2D eigenvalue weighted by atomic mass is 32.2. The first-order valence-electron chi connectivity index (χ1n) is 8.66. The van der Waals surface area contributed by atoms with Crippen LogP contribution in [0, 0.1) is 0 Å². The van der Waals surface area contributed by atoms with E-state index in [1.807, 2.05) is 24.3 Å². The largest absolute Gasteiger partial charge is 0.497 e. The van der Waals surface area contributed by atoms with Crippen LogP contribution >= 0.6 is 11.8 Å². The minimum absolute atomic E-state index is 0.0424. The number of carbonyl (C=O) groups excluding carboxylic acids is 2. The zero-order valence-electron chi connectivity index (χ0n) is 15.7. The van der Waals surface area contributed by atoms with Crippen molar-refractivity contribution in [3.8, 4) is 17.2 Å². The van der Waals surface area contributed by atoms with Crippen LogP contribution in [0.25, 0.3) is 5.69 Å². The van der Waals surface area contributed by atoms with Gasteiger partial charge in [0.25, 0.3) is 5.91 Å². The van der Waals surface area contributed by atoms with E-state index in [1.165, 1.54) is 24.3 Å². The number of nitrogens with one attached hydrogen (secondary N) is 1. The van der Waals surface area contributed by atoms with Crippen LogP contribution in [0.2, 0.25) is 0 Å². The summed E-state index contributed by atoms with van der Waals surface area (Å²) in [6, 6.07) is 12.4. The van der Waals surface area contributed by atoms with Crippen LogP contribution in [-0.2, 0) is 4.79 Å². The van der Waals surface area contributed by atoms with Gasteiger partial charge >= 0.3 is 6.61 Å². The summed E-state index contributed by atoms with van der Waals surface area (Å²) < 4.78 is 35.6. The summed E-state index contributed by atoms with van der Waals surface area (Å²) in [5, 5.41) is 2.82. The summed E-state index contributed by atoms with van der Waals surface area (Å²) in [5.41, 5.74) is 0.963. The summed E-state index contributed by atoms with van der Waals surface area (Å²) >= 11 is 1.16. The molecule has 10 heteroatoms. The van der Waals surface area contributed by atoms with Gasteiger partial charge in [-0.15, -0.1) is 0 Å². The van der Waals surface area contributed by atoms with Gasteiger partial charge in [-0.25, -0.2) is 4.98 Å². The van der Waals surface area contributed by atoms with Gasteiger partial charge in [0, 0.05) is 24.0 Å². The molecule has 0 saturated carbocycles. The normalized spacial score (nSPS) is 10.7. The molecular weight excluding hydrogens is 416 g/mol. The molecule has 0 fully saturated rings. The number of amides is 2. The highest BCUT2D eigenvalue weighted by Crippen LogP contribution is 2.23. The average molecular weight is 433 g/mol. The van der Waals surface area contributed by atoms with Gasteiger partial charge in [-0.3, -0.25) is 19.5 Å². The number of halogens is 2. The van der Waals surface area contributed by atoms with E-state index in [0.29, 0.717) is 10.9 Å². The number of hydrogen-bond donors (Lipinski definition) is 1. The zero-order chi connectivity index (χ0) is 21.5. The van der Waals surface area contributed by atoms with Gasteiger partial charge < -0.3 is 9.47 Å². The lowest BCUT2D eigenvalue weighted by Crippen LogP contribution is -2.31. The molecule has 0 radical (unpaired) electrons. The number of aromatic nitrogens is 2. The second-order valence-electron chi connectivity index (χ2n) is 5.85. The van der Waals surface area contributed by atoms with Crippen molar-refractivity contribution >= 4 is 23.6 Å². The molecule has 156 valence electrons. The Morgan fingerprint density at radius 2 is 1.93 bits per heavy atom. The number of alkyl halides is 2. The maximum Gasteiger partial charge on any atom is 0.387 e.